The molecule has 0 radical (unpaired) electrons. The van der Waals surface area contributed by atoms with Gasteiger partial charge in [-0.15, -0.1) is 0 Å². The molecular formula is C28H17ClN2O. The summed E-state index contributed by atoms with van der Waals surface area (Å²) in [4.78, 5) is 9.19. The van der Waals surface area contributed by atoms with Crippen molar-refractivity contribution in [2.24, 2.45) is 0 Å². The molecule has 4 aromatic carbocycles. The van der Waals surface area contributed by atoms with Crippen LogP contribution in [0.2, 0.25) is 5.15 Å². The van der Waals surface area contributed by atoms with Gasteiger partial charge in [0.15, 0.2) is 5.82 Å². The molecular weight excluding hydrogens is 416 g/mol. The predicted octanol–water partition coefficient (Wildman–Crippen LogP) is 8.03. The predicted molar refractivity (Wildman–Crippen MR) is 131 cm³/mol. The van der Waals surface area contributed by atoms with Gasteiger partial charge in [0.05, 0.1) is 5.69 Å². The second-order valence-corrected chi connectivity index (χ2v) is 8.01. The van der Waals surface area contributed by atoms with E-state index in [0.29, 0.717) is 11.0 Å². The molecule has 0 aliphatic rings. The lowest BCUT2D eigenvalue weighted by Gasteiger charge is -2.07. The van der Waals surface area contributed by atoms with Crippen LogP contribution in [0.5, 0.6) is 0 Å². The second-order valence-electron chi connectivity index (χ2n) is 7.62. The van der Waals surface area contributed by atoms with Gasteiger partial charge in [-0.1, -0.05) is 103 Å². The topological polar surface area (TPSA) is 38.9 Å². The minimum absolute atomic E-state index is 0.421. The fraction of sp³-hybridized carbons (Fsp3) is 0. The Morgan fingerprint density at radius 2 is 1.31 bits per heavy atom. The highest BCUT2D eigenvalue weighted by Crippen LogP contribution is 2.36. The molecule has 4 heteroatoms. The van der Waals surface area contributed by atoms with Crippen LogP contribution >= 0.6 is 11.6 Å². The summed E-state index contributed by atoms with van der Waals surface area (Å²) >= 11 is 6.32. The molecule has 3 nitrogen and oxygen atoms in total. The van der Waals surface area contributed by atoms with Gasteiger partial charge in [0.1, 0.15) is 16.3 Å². The Balaban J connectivity index is 1.42. The first-order valence-electron chi connectivity index (χ1n) is 10.4. The maximum Gasteiger partial charge on any atom is 0.161 e. The van der Waals surface area contributed by atoms with E-state index in [-0.39, 0.29) is 0 Å². The number of fused-ring (bicyclic) bond motifs is 3. The Hall–Kier alpha value is -3.95. The van der Waals surface area contributed by atoms with Crippen LogP contribution in [0.25, 0.3) is 55.7 Å². The molecule has 0 fully saturated rings. The van der Waals surface area contributed by atoms with E-state index in [1.807, 2.05) is 60.7 Å². The Bertz CT molecular complexity index is 1570. The second kappa shape index (κ2) is 7.63. The zero-order valence-corrected chi connectivity index (χ0v) is 17.8. The highest BCUT2D eigenvalue weighted by molar-refractivity contribution is 6.29. The molecule has 0 saturated heterocycles. The van der Waals surface area contributed by atoms with Crippen LogP contribution in [0.15, 0.2) is 108 Å². The maximum atomic E-state index is 6.32. The molecule has 0 amide bonds. The van der Waals surface area contributed by atoms with Crippen molar-refractivity contribution in [1.29, 1.82) is 0 Å². The van der Waals surface area contributed by atoms with Crippen LogP contribution in [0.1, 0.15) is 0 Å². The number of aromatic nitrogens is 2. The first kappa shape index (κ1) is 18.8. The van der Waals surface area contributed by atoms with Gasteiger partial charge in [0.25, 0.3) is 0 Å². The number of benzene rings is 4. The molecule has 0 aliphatic carbocycles. The summed E-state index contributed by atoms with van der Waals surface area (Å²) in [6.45, 7) is 0. The fourth-order valence-corrected chi connectivity index (χ4v) is 4.26. The molecule has 2 aromatic heterocycles. The summed E-state index contributed by atoms with van der Waals surface area (Å²) in [5.74, 6) is 0.602. The van der Waals surface area contributed by atoms with Crippen LogP contribution in [0.4, 0.5) is 0 Å². The number of hydrogen-bond donors (Lipinski definition) is 0. The number of para-hydroxylation sites is 2. The van der Waals surface area contributed by atoms with E-state index in [1.54, 1.807) is 6.07 Å². The highest BCUT2D eigenvalue weighted by Gasteiger charge is 2.13. The van der Waals surface area contributed by atoms with Gasteiger partial charge in [-0.05, 0) is 11.6 Å². The SMILES string of the molecule is Clc1cc(-c2ccccc2)nc(-c2ccc(-c3cccc4c3oc3ccccc34)cc2)n1. The summed E-state index contributed by atoms with van der Waals surface area (Å²) in [5, 5.41) is 2.67. The molecule has 0 spiro atoms. The van der Waals surface area contributed by atoms with E-state index in [4.69, 9.17) is 21.0 Å². The largest absolute Gasteiger partial charge is 0.455 e. The van der Waals surface area contributed by atoms with Crippen LogP contribution in [0.3, 0.4) is 0 Å². The molecule has 6 aromatic rings. The van der Waals surface area contributed by atoms with E-state index in [2.05, 4.69) is 41.4 Å². The maximum absolute atomic E-state index is 6.32. The zero-order valence-electron chi connectivity index (χ0n) is 17.0. The minimum atomic E-state index is 0.421. The normalized spacial score (nSPS) is 11.3. The van der Waals surface area contributed by atoms with Gasteiger partial charge in [0.2, 0.25) is 0 Å². The molecule has 0 atom stereocenters. The summed E-state index contributed by atoms with van der Waals surface area (Å²) in [7, 11) is 0. The lowest BCUT2D eigenvalue weighted by Crippen LogP contribution is -1.93. The quantitative estimate of drug-likeness (QED) is 0.266. The Kier molecular flexibility index (Phi) is 4.48. The Labute approximate surface area is 190 Å². The first-order chi connectivity index (χ1) is 15.8. The zero-order chi connectivity index (χ0) is 21.5. The number of nitrogens with zero attached hydrogens (tertiary/aromatic N) is 2. The summed E-state index contributed by atoms with van der Waals surface area (Å²) in [6, 6.07) is 34.3. The van der Waals surface area contributed by atoms with Crippen molar-refractivity contribution in [3.63, 3.8) is 0 Å². The van der Waals surface area contributed by atoms with Gasteiger partial charge in [0, 0.05) is 33.5 Å². The van der Waals surface area contributed by atoms with Gasteiger partial charge in [-0.2, -0.15) is 0 Å². The van der Waals surface area contributed by atoms with E-state index < -0.39 is 0 Å². The van der Waals surface area contributed by atoms with E-state index in [9.17, 15) is 0 Å². The Morgan fingerprint density at radius 1 is 0.594 bits per heavy atom. The third-order valence-electron chi connectivity index (χ3n) is 5.62. The molecule has 0 unspecified atom stereocenters. The van der Waals surface area contributed by atoms with Crippen molar-refractivity contribution in [2.75, 3.05) is 0 Å². The number of furan rings is 1. The van der Waals surface area contributed by atoms with E-state index >= 15 is 0 Å². The van der Waals surface area contributed by atoms with Gasteiger partial charge < -0.3 is 4.42 Å². The molecule has 2 heterocycles. The van der Waals surface area contributed by atoms with Crippen molar-refractivity contribution in [1.82, 2.24) is 9.97 Å². The smallest absolute Gasteiger partial charge is 0.161 e. The first-order valence-corrected chi connectivity index (χ1v) is 10.8. The molecule has 152 valence electrons. The van der Waals surface area contributed by atoms with Crippen molar-refractivity contribution in [3.05, 3.63) is 108 Å². The van der Waals surface area contributed by atoms with Crippen LogP contribution in [-0.4, -0.2) is 9.97 Å². The molecule has 0 bridgehead atoms. The monoisotopic (exact) mass is 432 g/mol. The third kappa shape index (κ3) is 3.24. The number of hydrogen-bond acceptors (Lipinski definition) is 3. The van der Waals surface area contributed by atoms with Crippen LogP contribution in [-0.2, 0) is 0 Å². The number of halogens is 1. The van der Waals surface area contributed by atoms with Crippen molar-refractivity contribution >= 4 is 33.5 Å². The van der Waals surface area contributed by atoms with E-state index in [0.717, 1.165) is 49.9 Å². The summed E-state index contributed by atoms with van der Waals surface area (Å²) < 4.78 is 6.19. The Morgan fingerprint density at radius 3 is 2.16 bits per heavy atom. The minimum Gasteiger partial charge on any atom is -0.455 e. The van der Waals surface area contributed by atoms with Crippen LogP contribution in [0, 0.1) is 0 Å². The molecule has 32 heavy (non-hydrogen) atoms. The molecule has 6 rings (SSSR count). The van der Waals surface area contributed by atoms with Gasteiger partial charge in [-0.25, -0.2) is 9.97 Å². The van der Waals surface area contributed by atoms with Crippen molar-refractivity contribution < 1.29 is 4.42 Å². The molecule has 0 aliphatic heterocycles. The van der Waals surface area contributed by atoms with Crippen LogP contribution < -0.4 is 0 Å². The van der Waals surface area contributed by atoms with Crippen molar-refractivity contribution in [2.45, 2.75) is 0 Å². The van der Waals surface area contributed by atoms with Gasteiger partial charge in [-0.3, -0.25) is 0 Å². The third-order valence-corrected chi connectivity index (χ3v) is 5.82. The summed E-state index contributed by atoms with van der Waals surface area (Å²) in [5.41, 5.74) is 6.64. The standard InChI is InChI=1S/C28H17ClN2O/c29-26-17-24(19-7-2-1-3-8-19)30-28(31-26)20-15-13-18(14-16-20)21-10-6-11-23-22-9-4-5-12-25(22)32-27(21)23/h1-17H. The highest BCUT2D eigenvalue weighted by atomic mass is 35.5. The molecule has 0 N–H and O–H groups in total. The lowest BCUT2D eigenvalue weighted by molar-refractivity contribution is 0.670. The van der Waals surface area contributed by atoms with Crippen molar-refractivity contribution in [3.8, 4) is 33.8 Å². The average molecular weight is 433 g/mol. The number of rotatable bonds is 3. The summed E-state index contributed by atoms with van der Waals surface area (Å²) in [6.07, 6.45) is 0. The van der Waals surface area contributed by atoms with Gasteiger partial charge >= 0.3 is 0 Å². The average Bonchev–Trinajstić information content (AvgIpc) is 3.23. The fourth-order valence-electron chi connectivity index (χ4n) is 4.08. The molecule has 0 saturated carbocycles. The van der Waals surface area contributed by atoms with E-state index in [1.165, 1.54) is 0 Å². The lowest BCUT2D eigenvalue weighted by atomic mass is 10.0.